The highest BCUT2D eigenvalue weighted by molar-refractivity contribution is 5.95. The Hall–Kier alpha value is -1.26. The summed E-state index contributed by atoms with van der Waals surface area (Å²) in [5.41, 5.74) is 0. The van der Waals surface area contributed by atoms with E-state index in [2.05, 4.69) is 24.2 Å². The number of amides is 3. The maximum atomic E-state index is 13.5. The first kappa shape index (κ1) is 25.4. The van der Waals surface area contributed by atoms with E-state index in [0.717, 1.165) is 38.5 Å². The lowest BCUT2D eigenvalue weighted by Gasteiger charge is -2.49. The normalized spacial score (nSPS) is 27.5. The van der Waals surface area contributed by atoms with Gasteiger partial charge in [-0.15, -0.1) is 0 Å². The monoisotopic (exact) mass is 454 g/mol. The number of fused-ring (bicyclic) bond motifs is 1. The molecule has 1 saturated carbocycles. The van der Waals surface area contributed by atoms with E-state index in [0.29, 0.717) is 57.9 Å². The van der Waals surface area contributed by atoms with E-state index < -0.39 is 5.79 Å². The van der Waals surface area contributed by atoms with Crippen molar-refractivity contribution < 1.29 is 24.2 Å². The summed E-state index contributed by atoms with van der Waals surface area (Å²) in [6.07, 6.45) is 5.24. The number of carbonyl (C=O) groups is 2. The van der Waals surface area contributed by atoms with Crippen LogP contribution in [0.1, 0.15) is 45.4 Å². The first-order valence-electron chi connectivity index (χ1n) is 12.3. The molecule has 1 aliphatic carbocycles. The number of rotatable bonds is 9. The molecule has 9 nitrogen and oxygen atoms in total. The average molecular weight is 455 g/mol. The lowest BCUT2D eigenvalue weighted by Crippen LogP contribution is -2.57. The fraction of sp³-hybridized carbons (Fsp3) is 0.913. The molecule has 2 heterocycles. The number of hydrogen-bond acceptors (Lipinski definition) is 7. The van der Waals surface area contributed by atoms with Gasteiger partial charge in [-0.25, -0.2) is 4.79 Å². The number of hydrogen-bond donors (Lipinski definition) is 2. The number of imide groups is 1. The van der Waals surface area contributed by atoms with E-state index in [9.17, 15) is 9.59 Å². The van der Waals surface area contributed by atoms with Crippen molar-refractivity contribution in [3.63, 3.8) is 0 Å². The van der Waals surface area contributed by atoms with E-state index in [4.69, 9.17) is 14.6 Å². The Morgan fingerprint density at radius 2 is 1.97 bits per heavy atom. The Balaban J connectivity index is 1.61. The largest absolute Gasteiger partial charge is 0.395 e. The summed E-state index contributed by atoms with van der Waals surface area (Å²) in [5, 5.41) is 11.9. The minimum absolute atomic E-state index is 0.0714. The zero-order valence-corrected chi connectivity index (χ0v) is 20.1. The van der Waals surface area contributed by atoms with Crippen LogP contribution in [0.25, 0.3) is 0 Å². The maximum absolute atomic E-state index is 13.5. The van der Waals surface area contributed by atoms with Gasteiger partial charge in [0.25, 0.3) is 0 Å². The van der Waals surface area contributed by atoms with Crippen LogP contribution in [0, 0.1) is 11.8 Å². The number of unbranched alkanes of at least 4 members (excludes halogenated alkanes) is 1. The van der Waals surface area contributed by atoms with Gasteiger partial charge < -0.3 is 29.7 Å². The topological polar surface area (TPSA) is 94.6 Å². The summed E-state index contributed by atoms with van der Waals surface area (Å²) in [4.78, 5) is 32.1. The quantitative estimate of drug-likeness (QED) is 0.539. The molecule has 184 valence electrons. The molecule has 0 aromatic heterocycles. The van der Waals surface area contributed by atoms with Crippen LogP contribution in [0.2, 0.25) is 0 Å². The number of nitrogens with one attached hydrogen (secondary N) is 1. The Bertz CT molecular complexity index is 628. The van der Waals surface area contributed by atoms with Crippen LogP contribution < -0.4 is 5.32 Å². The van der Waals surface area contributed by atoms with Crippen LogP contribution >= 0.6 is 0 Å². The van der Waals surface area contributed by atoms with Gasteiger partial charge in [0.05, 0.1) is 25.7 Å². The van der Waals surface area contributed by atoms with Gasteiger partial charge in [-0.3, -0.25) is 9.69 Å². The van der Waals surface area contributed by atoms with E-state index in [-0.39, 0.29) is 24.5 Å². The molecule has 3 atom stereocenters. The van der Waals surface area contributed by atoms with Crippen LogP contribution in [-0.2, 0) is 14.3 Å². The summed E-state index contributed by atoms with van der Waals surface area (Å²) in [5.74, 6) is -0.402. The smallest absolute Gasteiger partial charge is 0.324 e. The molecule has 0 bridgehead atoms. The maximum Gasteiger partial charge on any atom is 0.324 e. The minimum Gasteiger partial charge on any atom is -0.395 e. The second-order valence-electron chi connectivity index (χ2n) is 9.65. The number of aliphatic hydroxyl groups is 1. The predicted molar refractivity (Wildman–Crippen MR) is 121 cm³/mol. The van der Waals surface area contributed by atoms with Crippen molar-refractivity contribution in [3.8, 4) is 0 Å². The van der Waals surface area contributed by atoms with Crippen molar-refractivity contribution in [2.75, 3.05) is 66.6 Å². The van der Waals surface area contributed by atoms with Gasteiger partial charge in [-0.1, -0.05) is 13.3 Å². The molecule has 0 aromatic rings. The van der Waals surface area contributed by atoms with Crippen LogP contribution in [0.4, 0.5) is 4.79 Å². The highest BCUT2D eigenvalue weighted by Gasteiger charge is 2.49. The molecule has 2 saturated heterocycles. The third-order valence-corrected chi connectivity index (χ3v) is 7.26. The summed E-state index contributed by atoms with van der Waals surface area (Å²) in [6, 6.07) is 0.130. The van der Waals surface area contributed by atoms with Crippen molar-refractivity contribution in [2.45, 2.75) is 57.3 Å². The second kappa shape index (κ2) is 11.7. The average Bonchev–Trinajstić information content (AvgIpc) is 3.21. The van der Waals surface area contributed by atoms with E-state index in [1.54, 1.807) is 0 Å². The molecule has 2 N–H and O–H groups in total. The lowest BCUT2D eigenvalue weighted by atomic mass is 9.72. The molecular formula is C23H42N4O5. The molecule has 3 fully saturated rings. The number of ether oxygens (including phenoxy) is 2. The Morgan fingerprint density at radius 1 is 1.22 bits per heavy atom. The van der Waals surface area contributed by atoms with Crippen molar-refractivity contribution in [2.24, 2.45) is 11.8 Å². The molecule has 3 aliphatic rings. The Morgan fingerprint density at radius 3 is 2.66 bits per heavy atom. The van der Waals surface area contributed by atoms with E-state index in [1.807, 2.05) is 11.9 Å². The summed E-state index contributed by atoms with van der Waals surface area (Å²) < 4.78 is 11.9. The third kappa shape index (κ3) is 6.20. The van der Waals surface area contributed by atoms with Crippen molar-refractivity contribution in [3.05, 3.63) is 0 Å². The standard InChI is InChI=1S/C23H42N4O5/c1-4-5-9-27(22(30)24-8-10-25(2)11-12-28)21(29)19-15-18-16-23(31-13-14-32-23)7-6-20(18)26(3)17-19/h18-20,28H,4-17H2,1-3H3,(H,24,30)/t18-,19-,20-/m1/s1. The number of aliphatic hydroxyl groups excluding tert-OH is 1. The SMILES string of the molecule is CCCCN(C(=O)NCCN(C)CCO)C(=O)[C@@H]1C[C@@H]2CC3(CC[C@H]2N(C)C1)OCCO3. The van der Waals surface area contributed by atoms with Gasteiger partial charge in [-0.05, 0) is 39.3 Å². The van der Waals surface area contributed by atoms with Crippen LogP contribution in [0.5, 0.6) is 0 Å². The molecule has 0 radical (unpaired) electrons. The minimum atomic E-state index is -0.465. The molecule has 9 heteroatoms. The van der Waals surface area contributed by atoms with Crippen molar-refractivity contribution >= 4 is 11.9 Å². The Labute approximate surface area is 192 Å². The number of likely N-dealkylation sites (N-methyl/N-ethyl adjacent to an activating group) is 1. The predicted octanol–water partition coefficient (Wildman–Crippen LogP) is 1.11. The molecule has 32 heavy (non-hydrogen) atoms. The van der Waals surface area contributed by atoms with Crippen LogP contribution in [0.3, 0.4) is 0 Å². The van der Waals surface area contributed by atoms with Gasteiger partial charge >= 0.3 is 6.03 Å². The third-order valence-electron chi connectivity index (χ3n) is 7.26. The first-order valence-corrected chi connectivity index (χ1v) is 12.3. The van der Waals surface area contributed by atoms with E-state index in [1.165, 1.54) is 4.90 Å². The number of piperidine rings is 1. The van der Waals surface area contributed by atoms with Gasteiger partial charge in [0.15, 0.2) is 5.79 Å². The fourth-order valence-electron chi connectivity index (χ4n) is 5.50. The van der Waals surface area contributed by atoms with Crippen molar-refractivity contribution in [1.29, 1.82) is 0 Å². The van der Waals surface area contributed by atoms with Crippen molar-refractivity contribution in [1.82, 2.24) is 20.0 Å². The second-order valence-corrected chi connectivity index (χ2v) is 9.65. The summed E-state index contributed by atoms with van der Waals surface area (Å²) >= 11 is 0. The number of urea groups is 1. The first-order chi connectivity index (χ1) is 15.4. The van der Waals surface area contributed by atoms with Crippen LogP contribution in [0.15, 0.2) is 0 Å². The van der Waals surface area contributed by atoms with Gasteiger partial charge in [-0.2, -0.15) is 0 Å². The number of likely N-dealkylation sites (tertiary alicyclic amines) is 1. The summed E-state index contributed by atoms with van der Waals surface area (Å²) in [6.45, 7) is 6.19. The highest BCUT2D eigenvalue weighted by Crippen LogP contribution is 2.45. The number of carbonyl (C=O) groups excluding carboxylic acids is 2. The van der Waals surface area contributed by atoms with Gasteiger partial charge in [0.2, 0.25) is 5.91 Å². The van der Waals surface area contributed by atoms with Crippen LogP contribution in [-0.4, -0.2) is 110 Å². The Kier molecular flexibility index (Phi) is 9.31. The number of nitrogens with zero attached hydrogens (tertiary/aromatic N) is 3. The van der Waals surface area contributed by atoms with Gasteiger partial charge in [0, 0.05) is 51.6 Å². The lowest BCUT2D eigenvalue weighted by molar-refractivity contribution is -0.202. The zero-order valence-electron chi connectivity index (χ0n) is 20.1. The molecule has 1 spiro atoms. The molecule has 0 aromatic carbocycles. The molecule has 2 aliphatic heterocycles. The van der Waals surface area contributed by atoms with E-state index >= 15 is 0 Å². The molecule has 3 rings (SSSR count). The molecular weight excluding hydrogens is 412 g/mol. The van der Waals surface area contributed by atoms with Gasteiger partial charge in [0.1, 0.15) is 0 Å². The summed E-state index contributed by atoms with van der Waals surface area (Å²) in [7, 11) is 3.99. The zero-order chi connectivity index (χ0) is 23.1. The highest BCUT2D eigenvalue weighted by atomic mass is 16.7. The molecule has 0 unspecified atom stereocenters. The fourth-order valence-corrected chi connectivity index (χ4v) is 5.50. The molecule has 3 amide bonds.